The van der Waals surface area contributed by atoms with Crippen molar-refractivity contribution in [1.29, 1.82) is 0 Å². The van der Waals surface area contributed by atoms with E-state index in [2.05, 4.69) is 0 Å². The fraction of sp³-hybridized carbons (Fsp3) is 0.778. The second-order valence-electron chi connectivity index (χ2n) is 3.37. The summed E-state index contributed by atoms with van der Waals surface area (Å²) < 4.78 is 0. The molecule has 0 saturated heterocycles. The lowest BCUT2D eigenvalue weighted by molar-refractivity contribution is -0.144. The van der Waals surface area contributed by atoms with Crippen LogP contribution in [-0.4, -0.2) is 46.7 Å². The zero-order chi connectivity index (χ0) is 11.1. The van der Waals surface area contributed by atoms with Gasteiger partial charge in [0.15, 0.2) is 0 Å². The summed E-state index contributed by atoms with van der Waals surface area (Å²) in [4.78, 5) is 22.6. The van der Waals surface area contributed by atoms with Crippen molar-refractivity contribution in [3.8, 4) is 0 Å². The largest absolute Gasteiger partial charge is 0.481 e. The van der Waals surface area contributed by atoms with Crippen molar-refractivity contribution in [2.45, 2.75) is 20.3 Å². The molecule has 5 nitrogen and oxygen atoms in total. The maximum absolute atomic E-state index is 10.6. The fourth-order valence-corrected chi connectivity index (χ4v) is 1.21. The lowest BCUT2D eigenvalue weighted by Crippen LogP contribution is -2.36. The molecule has 2 N–H and O–H groups in total. The average Bonchev–Trinajstić information content (AvgIpc) is 2.02. The van der Waals surface area contributed by atoms with Crippen LogP contribution in [0.1, 0.15) is 20.3 Å². The fourth-order valence-electron chi connectivity index (χ4n) is 1.21. The third kappa shape index (κ3) is 5.53. The molecule has 5 heteroatoms. The zero-order valence-electron chi connectivity index (χ0n) is 8.56. The first-order valence-corrected chi connectivity index (χ1v) is 4.64. The summed E-state index contributed by atoms with van der Waals surface area (Å²) in [7, 11) is 0. The van der Waals surface area contributed by atoms with Gasteiger partial charge in [-0.15, -0.1) is 0 Å². The van der Waals surface area contributed by atoms with E-state index in [1.165, 1.54) is 0 Å². The first-order valence-electron chi connectivity index (χ1n) is 4.64. The highest BCUT2D eigenvalue weighted by molar-refractivity contribution is 5.70. The van der Waals surface area contributed by atoms with E-state index in [1.54, 1.807) is 11.8 Å². The molecular weight excluding hydrogens is 186 g/mol. The van der Waals surface area contributed by atoms with Crippen LogP contribution < -0.4 is 0 Å². The summed E-state index contributed by atoms with van der Waals surface area (Å²) in [5, 5.41) is 17.2. The molecule has 0 amide bonds. The van der Waals surface area contributed by atoms with Gasteiger partial charge in [-0.1, -0.05) is 13.8 Å². The Labute approximate surface area is 83.3 Å². The molecule has 82 valence electrons. The van der Waals surface area contributed by atoms with E-state index >= 15 is 0 Å². The molecular formula is C9H17NO4. The van der Waals surface area contributed by atoms with Crippen molar-refractivity contribution in [2.24, 2.45) is 5.92 Å². The summed E-state index contributed by atoms with van der Waals surface area (Å²) in [5.41, 5.74) is 0. The van der Waals surface area contributed by atoms with Crippen LogP contribution in [0.4, 0.5) is 0 Å². The van der Waals surface area contributed by atoms with Gasteiger partial charge in [0.05, 0.1) is 12.5 Å². The minimum Gasteiger partial charge on any atom is -0.481 e. The summed E-state index contributed by atoms with van der Waals surface area (Å²) >= 11 is 0. The van der Waals surface area contributed by atoms with Crippen LogP contribution in [-0.2, 0) is 9.59 Å². The highest BCUT2D eigenvalue weighted by Crippen LogP contribution is 2.01. The van der Waals surface area contributed by atoms with Gasteiger partial charge in [0.25, 0.3) is 0 Å². The number of aliphatic carboxylic acids is 2. The summed E-state index contributed by atoms with van der Waals surface area (Å²) in [6, 6.07) is 0. The molecule has 0 heterocycles. The van der Waals surface area contributed by atoms with Crippen LogP contribution in [0.15, 0.2) is 0 Å². The molecule has 0 aromatic carbocycles. The topological polar surface area (TPSA) is 77.8 Å². The normalized spacial score (nSPS) is 12.8. The second kappa shape index (κ2) is 6.37. The number of rotatable bonds is 7. The van der Waals surface area contributed by atoms with Crippen LogP contribution in [0.25, 0.3) is 0 Å². The molecule has 14 heavy (non-hydrogen) atoms. The standard InChI is InChI=1S/C9H17NO4/c1-3-4-10(6-8(11)12)5-7(2)9(13)14/h7H,3-6H2,1-2H3,(H,11,12)(H,13,14). The number of carbonyl (C=O) groups is 2. The van der Waals surface area contributed by atoms with Gasteiger partial charge >= 0.3 is 11.9 Å². The van der Waals surface area contributed by atoms with Crippen molar-refractivity contribution in [3.63, 3.8) is 0 Å². The SMILES string of the molecule is CCCN(CC(=O)O)CC(C)C(=O)O. The van der Waals surface area contributed by atoms with Crippen LogP contribution in [0.3, 0.4) is 0 Å². The minimum atomic E-state index is -0.920. The van der Waals surface area contributed by atoms with Gasteiger partial charge in [-0.25, -0.2) is 0 Å². The van der Waals surface area contributed by atoms with Crippen molar-refractivity contribution in [1.82, 2.24) is 4.90 Å². The molecule has 1 unspecified atom stereocenters. The summed E-state index contributed by atoms with van der Waals surface area (Å²) in [6.45, 7) is 4.32. The molecule has 0 fully saturated rings. The van der Waals surface area contributed by atoms with Crippen molar-refractivity contribution in [2.75, 3.05) is 19.6 Å². The second-order valence-corrected chi connectivity index (χ2v) is 3.37. The lowest BCUT2D eigenvalue weighted by atomic mass is 10.1. The Kier molecular flexibility index (Phi) is 5.87. The van der Waals surface area contributed by atoms with Gasteiger partial charge in [-0.05, 0) is 13.0 Å². The number of hydrogen-bond acceptors (Lipinski definition) is 3. The minimum absolute atomic E-state index is 0.0918. The molecule has 0 bridgehead atoms. The summed E-state index contributed by atoms with van der Waals surface area (Å²) in [5.74, 6) is -2.34. The number of carboxylic acid groups (broad SMARTS) is 2. The van der Waals surface area contributed by atoms with Gasteiger partial charge in [-0.3, -0.25) is 14.5 Å². The van der Waals surface area contributed by atoms with Crippen molar-refractivity contribution < 1.29 is 19.8 Å². The van der Waals surface area contributed by atoms with Gasteiger partial charge in [0.1, 0.15) is 0 Å². The molecule has 0 aliphatic heterocycles. The maximum Gasteiger partial charge on any atom is 0.317 e. The Morgan fingerprint density at radius 3 is 2.29 bits per heavy atom. The zero-order valence-corrected chi connectivity index (χ0v) is 8.56. The molecule has 0 aliphatic carbocycles. The molecule has 0 rings (SSSR count). The first-order chi connectivity index (χ1) is 6.47. The predicted molar refractivity (Wildman–Crippen MR) is 51.2 cm³/mol. The number of nitrogens with zero attached hydrogens (tertiary/aromatic N) is 1. The van der Waals surface area contributed by atoms with Crippen molar-refractivity contribution >= 4 is 11.9 Å². The van der Waals surface area contributed by atoms with E-state index in [4.69, 9.17) is 10.2 Å². The quantitative estimate of drug-likeness (QED) is 0.630. The average molecular weight is 203 g/mol. The molecule has 1 atom stereocenters. The van der Waals surface area contributed by atoms with E-state index in [9.17, 15) is 9.59 Å². The highest BCUT2D eigenvalue weighted by atomic mass is 16.4. The third-order valence-electron chi connectivity index (χ3n) is 1.85. The predicted octanol–water partition coefficient (Wildman–Crippen LogP) is 0.504. The Morgan fingerprint density at radius 2 is 1.93 bits per heavy atom. The van der Waals surface area contributed by atoms with Crippen LogP contribution in [0.2, 0.25) is 0 Å². The van der Waals surface area contributed by atoms with Crippen LogP contribution in [0.5, 0.6) is 0 Å². The Bertz CT molecular complexity index is 205. The summed E-state index contributed by atoms with van der Waals surface area (Å²) in [6.07, 6.45) is 0.819. The maximum atomic E-state index is 10.6. The third-order valence-corrected chi connectivity index (χ3v) is 1.85. The molecule has 0 spiro atoms. The Balaban J connectivity index is 4.07. The van der Waals surface area contributed by atoms with Crippen molar-refractivity contribution in [3.05, 3.63) is 0 Å². The lowest BCUT2D eigenvalue weighted by Gasteiger charge is -2.21. The molecule has 0 aliphatic rings. The van der Waals surface area contributed by atoms with Crippen LogP contribution in [0, 0.1) is 5.92 Å². The van der Waals surface area contributed by atoms with E-state index in [-0.39, 0.29) is 13.1 Å². The van der Waals surface area contributed by atoms with Crippen LogP contribution >= 0.6 is 0 Å². The highest BCUT2D eigenvalue weighted by Gasteiger charge is 2.17. The Morgan fingerprint density at radius 1 is 1.36 bits per heavy atom. The van der Waals surface area contributed by atoms with E-state index in [0.717, 1.165) is 6.42 Å². The number of hydrogen-bond donors (Lipinski definition) is 2. The number of carboxylic acids is 2. The molecule has 0 aromatic rings. The molecule has 0 saturated carbocycles. The van der Waals surface area contributed by atoms with Gasteiger partial charge < -0.3 is 10.2 Å². The smallest absolute Gasteiger partial charge is 0.317 e. The van der Waals surface area contributed by atoms with E-state index < -0.39 is 17.9 Å². The van der Waals surface area contributed by atoms with Gasteiger partial charge in [-0.2, -0.15) is 0 Å². The molecule has 0 aromatic heterocycles. The van der Waals surface area contributed by atoms with E-state index in [1.807, 2.05) is 6.92 Å². The van der Waals surface area contributed by atoms with E-state index in [0.29, 0.717) is 6.54 Å². The first kappa shape index (κ1) is 12.9. The van der Waals surface area contributed by atoms with Gasteiger partial charge in [0.2, 0.25) is 0 Å². The van der Waals surface area contributed by atoms with Gasteiger partial charge in [0, 0.05) is 6.54 Å². The monoisotopic (exact) mass is 203 g/mol. The Hall–Kier alpha value is -1.10. The molecule has 0 radical (unpaired) electrons.